The van der Waals surface area contributed by atoms with E-state index in [1.165, 1.54) is 13.2 Å². The Bertz CT molecular complexity index is 314. The van der Waals surface area contributed by atoms with E-state index < -0.39 is 0 Å². The minimum absolute atomic E-state index is 0.345. The summed E-state index contributed by atoms with van der Waals surface area (Å²) >= 11 is 3.32. The van der Waals surface area contributed by atoms with Gasteiger partial charge in [-0.05, 0) is 23.8 Å². The second-order valence-electron chi connectivity index (χ2n) is 2.41. The maximum Gasteiger partial charge on any atom is 0.330 e. The quantitative estimate of drug-likeness (QED) is 0.587. The highest BCUT2D eigenvalue weighted by atomic mass is 79.9. The lowest BCUT2D eigenvalue weighted by Crippen LogP contribution is -1.93. The van der Waals surface area contributed by atoms with Crippen molar-refractivity contribution in [3.63, 3.8) is 0 Å². The normalized spacial score (nSPS) is 10.3. The molecule has 0 fully saturated rings. The van der Waals surface area contributed by atoms with Crippen LogP contribution in [0.25, 0.3) is 6.08 Å². The fourth-order valence-corrected chi connectivity index (χ4v) is 1.07. The van der Waals surface area contributed by atoms with Gasteiger partial charge in [0.1, 0.15) is 0 Å². The number of rotatable bonds is 2. The Hall–Kier alpha value is -1.09. The molecule has 1 aromatic carbocycles. The topological polar surface area (TPSA) is 26.3 Å². The summed E-state index contributed by atoms with van der Waals surface area (Å²) in [6.07, 6.45) is 3.10. The molecule has 0 radical (unpaired) electrons. The summed E-state index contributed by atoms with van der Waals surface area (Å²) in [5.74, 6) is -0.345. The molecule has 68 valence electrons. The number of hydrogen-bond acceptors (Lipinski definition) is 2. The molecule has 0 bridgehead atoms. The van der Waals surface area contributed by atoms with E-state index in [9.17, 15) is 4.79 Å². The standard InChI is InChI=1S/C10H9BrO2/c1-13-10(12)7-4-8-2-5-9(11)6-3-8/h2-7H,1H3/b7-4-. The van der Waals surface area contributed by atoms with Gasteiger partial charge in [-0.15, -0.1) is 0 Å². The number of carbonyl (C=O) groups excluding carboxylic acids is 1. The molecule has 1 rings (SSSR count). The zero-order chi connectivity index (χ0) is 9.68. The van der Waals surface area contributed by atoms with Crippen molar-refractivity contribution in [2.24, 2.45) is 0 Å². The SMILES string of the molecule is COC(=O)/C=C\c1ccc(Br)cc1. The first kappa shape index (κ1) is 9.99. The number of ether oxygens (including phenoxy) is 1. The third-order valence-electron chi connectivity index (χ3n) is 1.48. The highest BCUT2D eigenvalue weighted by Gasteiger charge is 1.91. The minimum Gasteiger partial charge on any atom is -0.466 e. The fraction of sp³-hybridized carbons (Fsp3) is 0.100. The van der Waals surface area contributed by atoms with Crippen LogP contribution in [0.3, 0.4) is 0 Å². The lowest BCUT2D eigenvalue weighted by atomic mass is 10.2. The molecular weight excluding hydrogens is 232 g/mol. The van der Waals surface area contributed by atoms with Gasteiger partial charge in [0.15, 0.2) is 0 Å². The third-order valence-corrected chi connectivity index (χ3v) is 2.01. The zero-order valence-corrected chi connectivity index (χ0v) is 8.74. The average molecular weight is 241 g/mol. The smallest absolute Gasteiger partial charge is 0.330 e. The van der Waals surface area contributed by atoms with Gasteiger partial charge < -0.3 is 4.74 Å². The van der Waals surface area contributed by atoms with E-state index in [1.807, 2.05) is 24.3 Å². The van der Waals surface area contributed by atoms with Crippen molar-refractivity contribution in [2.45, 2.75) is 0 Å². The van der Waals surface area contributed by atoms with Gasteiger partial charge in [0.05, 0.1) is 7.11 Å². The Morgan fingerprint density at radius 1 is 1.38 bits per heavy atom. The van der Waals surface area contributed by atoms with Crippen LogP contribution in [0.5, 0.6) is 0 Å². The van der Waals surface area contributed by atoms with Crippen molar-refractivity contribution in [3.8, 4) is 0 Å². The Morgan fingerprint density at radius 2 is 2.00 bits per heavy atom. The molecule has 0 amide bonds. The monoisotopic (exact) mass is 240 g/mol. The molecule has 0 unspecified atom stereocenters. The molecule has 0 aromatic heterocycles. The molecule has 1 aromatic rings. The molecule has 0 saturated heterocycles. The molecule has 0 saturated carbocycles. The molecule has 0 aliphatic heterocycles. The number of esters is 1. The largest absolute Gasteiger partial charge is 0.466 e. The van der Waals surface area contributed by atoms with Gasteiger partial charge in [-0.3, -0.25) is 0 Å². The van der Waals surface area contributed by atoms with Crippen LogP contribution in [0.15, 0.2) is 34.8 Å². The summed E-state index contributed by atoms with van der Waals surface area (Å²) in [7, 11) is 1.36. The van der Waals surface area contributed by atoms with Gasteiger partial charge in [0, 0.05) is 10.5 Å². The number of methoxy groups -OCH3 is 1. The Labute approximate surface area is 85.3 Å². The van der Waals surface area contributed by atoms with E-state index in [4.69, 9.17) is 0 Å². The van der Waals surface area contributed by atoms with E-state index in [1.54, 1.807) is 6.08 Å². The Kier molecular flexibility index (Phi) is 3.71. The zero-order valence-electron chi connectivity index (χ0n) is 7.16. The number of halogens is 1. The first-order valence-corrected chi connectivity index (χ1v) is 4.53. The van der Waals surface area contributed by atoms with Gasteiger partial charge in [-0.25, -0.2) is 4.79 Å². The molecule has 0 atom stereocenters. The number of hydrogen-bond donors (Lipinski definition) is 0. The van der Waals surface area contributed by atoms with E-state index in [0.29, 0.717) is 0 Å². The molecular formula is C10H9BrO2. The minimum atomic E-state index is -0.345. The maximum absolute atomic E-state index is 10.7. The molecule has 0 N–H and O–H groups in total. The fourth-order valence-electron chi connectivity index (χ4n) is 0.806. The molecule has 0 aliphatic rings. The highest BCUT2D eigenvalue weighted by Crippen LogP contribution is 2.11. The average Bonchev–Trinajstić information content (AvgIpc) is 2.16. The van der Waals surface area contributed by atoms with Crippen LogP contribution < -0.4 is 0 Å². The molecule has 0 heterocycles. The second-order valence-corrected chi connectivity index (χ2v) is 3.32. The van der Waals surface area contributed by atoms with Crippen molar-refractivity contribution in [1.29, 1.82) is 0 Å². The summed E-state index contributed by atoms with van der Waals surface area (Å²) < 4.78 is 5.48. The van der Waals surface area contributed by atoms with Gasteiger partial charge in [0.25, 0.3) is 0 Å². The van der Waals surface area contributed by atoms with Crippen molar-refractivity contribution >= 4 is 28.0 Å². The molecule has 0 spiro atoms. The predicted octanol–water partition coefficient (Wildman–Crippen LogP) is 2.64. The summed E-state index contributed by atoms with van der Waals surface area (Å²) in [6, 6.07) is 7.64. The summed E-state index contributed by atoms with van der Waals surface area (Å²) in [6.45, 7) is 0. The van der Waals surface area contributed by atoms with Gasteiger partial charge in [-0.1, -0.05) is 28.1 Å². The van der Waals surface area contributed by atoms with Crippen LogP contribution in [-0.4, -0.2) is 13.1 Å². The first-order chi connectivity index (χ1) is 6.22. The van der Waals surface area contributed by atoms with Crippen LogP contribution in [0.2, 0.25) is 0 Å². The molecule has 3 heteroatoms. The van der Waals surface area contributed by atoms with Crippen LogP contribution in [0.1, 0.15) is 5.56 Å². The van der Waals surface area contributed by atoms with Gasteiger partial charge in [0.2, 0.25) is 0 Å². The maximum atomic E-state index is 10.7. The summed E-state index contributed by atoms with van der Waals surface area (Å²) in [5, 5.41) is 0. The third kappa shape index (κ3) is 3.42. The van der Waals surface area contributed by atoms with Crippen LogP contribution >= 0.6 is 15.9 Å². The predicted molar refractivity (Wildman–Crippen MR) is 55.2 cm³/mol. The van der Waals surface area contributed by atoms with E-state index >= 15 is 0 Å². The molecule has 2 nitrogen and oxygen atoms in total. The van der Waals surface area contributed by atoms with E-state index in [2.05, 4.69) is 20.7 Å². The highest BCUT2D eigenvalue weighted by molar-refractivity contribution is 9.10. The molecule has 0 aliphatic carbocycles. The number of carbonyl (C=O) groups is 1. The first-order valence-electron chi connectivity index (χ1n) is 3.74. The van der Waals surface area contributed by atoms with Crippen molar-refractivity contribution < 1.29 is 9.53 Å². The van der Waals surface area contributed by atoms with E-state index in [0.717, 1.165) is 10.0 Å². The number of benzene rings is 1. The van der Waals surface area contributed by atoms with Gasteiger partial charge in [-0.2, -0.15) is 0 Å². The van der Waals surface area contributed by atoms with Crippen LogP contribution in [0, 0.1) is 0 Å². The van der Waals surface area contributed by atoms with Crippen LogP contribution in [-0.2, 0) is 9.53 Å². The molecule has 13 heavy (non-hydrogen) atoms. The second kappa shape index (κ2) is 4.82. The van der Waals surface area contributed by atoms with E-state index in [-0.39, 0.29) is 5.97 Å². The van der Waals surface area contributed by atoms with Crippen LogP contribution in [0.4, 0.5) is 0 Å². The summed E-state index contributed by atoms with van der Waals surface area (Å²) in [5.41, 5.74) is 0.966. The Morgan fingerprint density at radius 3 is 2.54 bits per heavy atom. The van der Waals surface area contributed by atoms with Gasteiger partial charge >= 0.3 is 5.97 Å². The van der Waals surface area contributed by atoms with Crippen molar-refractivity contribution in [3.05, 3.63) is 40.4 Å². The Balaban J connectivity index is 2.69. The van der Waals surface area contributed by atoms with Crippen molar-refractivity contribution in [2.75, 3.05) is 7.11 Å². The lowest BCUT2D eigenvalue weighted by molar-refractivity contribution is -0.134. The lowest BCUT2D eigenvalue weighted by Gasteiger charge is -1.93. The van der Waals surface area contributed by atoms with Crippen molar-refractivity contribution in [1.82, 2.24) is 0 Å². The summed E-state index contributed by atoms with van der Waals surface area (Å²) in [4.78, 5) is 10.7.